The largest absolute Gasteiger partial charge is 0.504 e. The molecule has 1 fully saturated rings. The molecule has 0 spiro atoms. The minimum absolute atomic E-state index is 0.0153. The topological polar surface area (TPSA) is 218 Å². The Balaban J connectivity index is 1.30. The second-order valence-electron chi connectivity index (χ2n) is 15.7. The number of amides is 1. The van der Waals surface area contributed by atoms with Crippen LogP contribution in [0.15, 0.2) is 60.4 Å². The van der Waals surface area contributed by atoms with Crippen molar-refractivity contribution in [2.75, 3.05) is 33.1 Å². The Morgan fingerprint density at radius 3 is 2.61 bits per heavy atom. The molecular weight excluding hydrogens is 790 g/mol. The highest BCUT2D eigenvalue weighted by Crippen LogP contribution is 2.46. The number of nitrogens with one attached hydrogen (secondary N) is 1. The van der Waals surface area contributed by atoms with Crippen molar-refractivity contribution in [3.63, 3.8) is 0 Å². The summed E-state index contributed by atoms with van der Waals surface area (Å²) in [5.74, 6) is 2.83. The number of nitrogens with zero attached hydrogens (tertiary/aromatic N) is 1. The molecule has 1 saturated heterocycles. The Hall–Kier alpha value is -5.12. The van der Waals surface area contributed by atoms with Crippen LogP contribution >= 0.6 is 11.6 Å². The van der Waals surface area contributed by atoms with Crippen LogP contribution in [-0.4, -0.2) is 114 Å². The predicted molar refractivity (Wildman–Crippen MR) is 211 cm³/mol. The lowest BCUT2D eigenvalue weighted by Crippen LogP contribution is -2.68. The molecule has 4 aliphatic heterocycles. The van der Waals surface area contributed by atoms with E-state index in [1.165, 1.54) is 31.4 Å². The molecule has 8 rings (SSSR count). The molecular formula is C42H46ClN3O13. The molecule has 16 nitrogen and oxygen atoms in total. The van der Waals surface area contributed by atoms with E-state index in [2.05, 4.69) is 23.7 Å². The zero-order valence-electron chi connectivity index (χ0n) is 33.0. The van der Waals surface area contributed by atoms with Crippen LogP contribution in [-0.2, 0) is 28.5 Å². The summed E-state index contributed by atoms with van der Waals surface area (Å²) in [5, 5.41) is 36.7. The maximum Gasteiger partial charge on any atom is 0.340 e. The Labute approximate surface area is 345 Å². The van der Waals surface area contributed by atoms with Crippen molar-refractivity contribution in [3.05, 3.63) is 76.6 Å². The van der Waals surface area contributed by atoms with Gasteiger partial charge in [-0.25, -0.2) is 4.79 Å². The number of anilines is 1. The number of methoxy groups -OCH3 is 1. The molecule has 3 unspecified atom stereocenters. The van der Waals surface area contributed by atoms with E-state index in [-0.39, 0.29) is 64.3 Å². The normalized spacial score (nSPS) is 31.0. The number of likely N-dealkylation sites (N-methyl/N-ethyl adjacent to an activating group) is 1. The quantitative estimate of drug-likeness (QED) is 0.160. The van der Waals surface area contributed by atoms with Crippen LogP contribution in [0, 0.1) is 17.8 Å². The third-order valence-electron chi connectivity index (χ3n) is 11.1. The number of phenolic OH excluding ortho intramolecular Hbond substituents is 1. The van der Waals surface area contributed by atoms with Gasteiger partial charge in [0.1, 0.15) is 36.8 Å². The third-order valence-corrected chi connectivity index (χ3v) is 11.4. The summed E-state index contributed by atoms with van der Waals surface area (Å²) in [4.78, 5) is 41.7. The molecule has 59 heavy (non-hydrogen) atoms. The van der Waals surface area contributed by atoms with Crippen LogP contribution in [0.1, 0.15) is 55.1 Å². The maximum atomic E-state index is 14.1. The van der Waals surface area contributed by atoms with Gasteiger partial charge in [-0.2, -0.15) is 0 Å². The van der Waals surface area contributed by atoms with Gasteiger partial charge in [-0.05, 0) is 76.7 Å². The molecule has 4 bridgehead atoms. The Kier molecular flexibility index (Phi) is 11.5. The molecule has 9 atom stereocenters. The zero-order chi connectivity index (χ0) is 42.6. The summed E-state index contributed by atoms with van der Waals surface area (Å²) in [5.41, 5.74) is 4.36. The van der Waals surface area contributed by atoms with E-state index in [1.807, 2.05) is 0 Å². The fraction of sp³-hybridized carbons (Fsp3) is 0.452. The third kappa shape index (κ3) is 7.99. The molecule has 0 radical (unpaired) electrons. The van der Waals surface area contributed by atoms with Gasteiger partial charge in [-0.3, -0.25) is 9.59 Å². The molecule has 4 heterocycles. The number of rotatable bonds is 6. The number of fused-ring (bicyclic) bond motifs is 9. The van der Waals surface area contributed by atoms with Crippen LogP contribution in [0.5, 0.6) is 23.0 Å². The van der Waals surface area contributed by atoms with Gasteiger partial charge in [0, 0.05) is 17.7 Å². The fourth-order valence-electron chi connectivity index (χ4n) is 8.21. The van der Waals surface area contributed by atoms with Gasteiger partial charge in [-0.1, -0.05) is 36.1 Å². The van der Waals surface area contributed by atoms with Gasteiger partial charge in [-0.15, -0.1) is 0 Å². The molecule has 0 saturated carbocycles. The number of esters is 2. The molecule has 6 aliphatic rings. The lowest BCUT2D eigenvalue weighted by Gasteiger charge is -2.52. The smallest absolute Gasteiger partial charge is 0.340 e. The van der Waals surface area contributed by atoms with Crippen molar-refractivity contribution in [2.45, 2.75) is 87.1 Å². The lowest BCUT2D eigenvalue weighted by molar-refractivity contribution is -0.331. The Bertz CT molecular complexity index is 2170. The van der Waals surface area contributed by atoms with Gasteiger partial charge >= 0.3 is 11.9 Å². The number of aliphatic hydroxyl groups excluding tert-OH is 2. The molecule has 2 aromatic rings. The van der Waals surface area contributed by atoms with Gasteiger partial charge in [0.2, 0.25) is 0 Å². The molecule has 6 N–H and O–H groups in total. The van der Waals surface area contributed by atoms with Crippen molar-refractivity contribution < 1.29 is 62.9 Å². The first kappa shape index (κ1) is 42.0. The second-order valence-corrected chi connectivity index (χ2v) is 16.1. The molecule has 314 valence electrons. The highest BCUT2D eigenvalue weighted by molar-refractivity contribution is 6.32. The van der Waals surface area contributed by atoms with Gasteiger partial charge in [0.25, 0.3) is 5.91 Å². The highest BCUT2D eigenvalue weighted by atomic mass is 35.5. The van der Waals surface area contributed by atoms with E-state index in [0.29, 0.717) is 11.1 Å². The van der Waals surface area contributed by atoms with Crippen LogP contribution in [0.4, 0.5) is 5.69 Å². The van der Waals surface area contributed by atoms with E-state index in [0.717, 1.165) is 0 Å². The summed E-state index contributed by atoms with van der Waals surface area (Å²) in [6.07, 6.45) is -1.52. The van der Waals surface area contributed by atoms with Crippen LogP contribution < -0.4 is 25.3 Å². The standard InChI is InChI=1S/C42H46ClN3O13/c1-20-38(51)45-33-25(16-24(53-6)17-29(33)55-20)39(52)56-30-19-54-32(48)18-27(44)22-14-26(43)36(28(47)15-22)57-31-12-10-21(30)9-11-23-8-7-13-42(23,31)59-40-35(50)34(49)37(46(4)5)41(2,3)58-40/h7-8,13-17,21,27,30-31,34-35,37,40,47,49-50H,1,10,12,18-19,44H2,2-6H3,(H,45,51)/t21?,27-,30?,31+,34-,35+,37-,40-,42?/m0/s1. The summed E-state index contributed by atoms with van der Waals surface area (Å²) in [6, 6.07) is 4.08. The zero-order valence-corrected chi connectivity index (χ0v) is 33.8. The summed E-state index contributed by atoms with van der Waals surface area (Å²) in [6.45, 7) is 6.71. The number of ether oxygens (including phenoxy) is 7. The van der Waals surface area contributed by atoms with E-state index in [1.54, 1.807) is 51.1 Å². The van der Waals surface area contributed by atoms with Crippen LogP contribution in [0.25, 0.3) is 0 Å². The van der Waals surface area contributed by atoms with Crippen molar-refractivity contribution in [1.82, 2.24) is 4.90 Å². The number of allylic oxidation sites excluding steroid dienone is 2. The van der Waals surface area contributed by atoms with Gasteiger partial charge in [0.05, 0.1) is 47.4 Å². The van der Waals surface area contributed by atoms with Gasteiger partial charge < -0.3 is 64.4 Å². The van der Waals surface area contributed by atoms with E-state index in [4.69, 9.17) is 50.5 Å². The molecule has 17 heteroatoms. The number of hydrogen-bond acceptors (Lipinski definition) is 15. The molecule has 2 aliphatic carbocycles. The van der Waals surface area contributed by atoms with Crippen molar-refractivity contribution >= 4 is 35.1 Å². The van der Waals surface area contributed by atoms with E-state index < -0.39 is 84.4 Å². The van der Waals surface area contributed by atoms with Crippen molar-refractivity contribution in [1.29, 1.82) is 0 Å². The second kappa shape index (κ2) is 16.1. The number of aliphatic hydroxyl groups is 2. The van der Waals surface area contributed by atoms with Crippen molar-refractivity contribution in [2.24, 2.45) is 11.7 Å². The Morgan fingerprint density at radius 1 is 1.14 bits per heavy atom. The molecule has 1 amide bonds. The number of carbonyl (C=O) groups is 3. The number of benzene rings is 2. The number of hydrogen-bond donors (Lipinski definition) is 5. The average molecular weight is 836 g/mol. The minimum atomic E-state index is -1.58. The van der Waals surface area contributed by atoms with E-state index in [9.17, 15) is 29.7 Å². The van der Waals surface area contributed by atoms with Crippen LogP contribution in [0.3, 0.4) is 0 Å². The number of phenols is 1. The van der Waals surface area contributed by atoms with Gasteiger partial charge in [0.15, 0.2) is 34.9 Å². The Morgan fingerprint density at radius 2 is 1.90 bits per heavy atom. The number of aromatic hydroxyl groups is 1. The number of carbonyl (C=O) groups excluding carboxylic acids is 3. The SMILES string of the molecule is C=C1Oc2cc(OC)cc(C(=O)OC3COC(=O)C[C@H](N)c4cc(O)c(c(Cl)c4)O[C@@H]4CCC3C#CC3=CC=CC34O[C@@H]3OC(C)(C)[C@@H](N(C)C)[C@@H](O)[C@H]3O)c2NC1=O. The summed E-state index contributed by atoms with van der Waals surface area (Å²) in [7, 11) is 4.93. The minimum Gasteiger partial charge on any atom is -0.504 e. The monoisotopic (exact) mass is 835 g/mol. The fourth-order valence-corrected chi connectivity index (χ4v) is 8.48. The van der Waals surface area contributed by atoms with Crippen LogP contribution in [0.2, 0.25) is 5.02 Å². The molecule has 2 aromatic carbocycles. The predicted octanol–water partition coefficient (Wildman–Crippen LogP) is 3.27. The molecule has 0 aromatic heterocycles. The van der Waals surface area contributed by atoms with Crippen molar-refractivity contribution in [3.8, 4) is 34.8 Å². The van der Waals surface area contributed by atoms with E-state index >= 15 is 0 Å². The maximum absolute atomic E-state index is 14.1. The summed E-state index contributed by atoms with van der Waals surface area (Å²) < 4.78 is 42.4. The highest BCUT2D eigenvalue weighted by Gasteiger charge is 2.55. The first-order valence-corrected chi connectivity index (χ1v) is 19.3. The average Bonchev–Trinajstić information content (AvgIpc) is 3.56. The number of halogens is 1. The lowest BCUT2D eigenvalue weighted by atomic mass is 9.81. The first-order chi connectivity index (χ1) is 27.9. The summed E-state index contributed by atoms with van der Waals surface area (Å²) >= 11 is 6.75. The number of nitrogens with two attached hydrogens (primary N) is 1. The first-order valence-electron chi connectivity index (χ1n) is 18.9.